The van der Waals surface area contributed by atoms with Crippen LogP contribution in [0, 0.1) is 0 Å². The van der Waals surface area contributed by atoms with E-state index in [1.807, 2.05) is 67.6 Å². The van der Waals surface area contributed by atoms with Crippen molar-refractivity contribution in [1.29, 1.82) is 0 Å². The van der Waals surface area contributed by atoms with Crippen LogP contribution in [0.4, 0.5) is 16.2 Å². The van der Waals surface area contributed by atoms with Gasteiger partial charge in [0.15, 0.2) is 0 Å². The normalized spacial score (nSPS) is 16.8. The average molecular weight is 486 g/mol. The van der Waals surface area contributed by atoms with E-state index in [-0.39, 0.29) is 30.0 Å². The molecule has 0 bridgehead atoms. The van der Waals surface area contributed by atoms with Crippen molar-refractivity contribution in [2.45, 2.75) is 52.3 Å². The molecule has 3 aromatic rings. The van der Waals surface area contributed by atoms with E-state index in [1.54, 1.807) is 37.8 Å². The molecule has 1 aliphatic rings. The number of hydrogen-bond donors (Lipinski definition) is 2. The van der Waals surface area contributed by atoms with E-state index < -0.39 is 6.09 Å². The summed E-state index contributed by atoms with van der Waals surface area (Å²) >= 11 is 0. The minimum absolute atomic E-state index is 0.0506. The highest BCUT2D eigenvalue weighted by atomic mass is 16.6. The lowest BCUT2D eigenvalue weighted by Crippen LogP contribution is -2.45. The summed E-state index contributed by atoms with van der Waals surface area (Å²) in [5.41, 5.74) is 4.69. The zero-order valence-electron chi connectivity index (χ0n) is 20.9. The Morgan fingerprint density at radius 1 is 0.944 bits per heavy atom. The molecule has 186 valence electrons. The molecule has 0 aromatic heterocycles. The summed E-state index contributed by atoms with van der Waals surface area (Å²) in [6.45, 7) is 7.12. The van der Waals surface area contributed by atoms with Crippen molar-refractivity contribution in [1.82, 2.24) is 5.32 Å². The largest absolute Gasteiger partial charge is 0.447 e. The van der Waals surface area contributed by atoms with E-state index in [0.717, 1.165) is 22.4 Å². The van der Waals surface area contributed by atoms with Gasteiger partial charge >= 0.3 is 6.09 Å². The minimum atomic E-state index is -0.486. The van der Waals surface area contributed by atoms with Crippen molar-refractivity contribution < 1.29 is 19.1 Å². The highest BCUT2D eigenvalue weighted by Crippen LogP contribution is 2.40. The monoisotopic (exact) mass is 485 g/mol. The summed E-state index contributed by atoms with van der Waals surface area (Å²) in [7, 11) is 0. The Hall–Kier alpha value is -4.13. The number of nitrogens with zero attached hydrogens (tertiary/aromatic N) is 1. The molecule has 4 rings (SSSR count). The molecule has 7 heteroatoms. The third-order valence-electron chi connectivity index (χ3n) is 6.14. The molecule has 0 aliphatic carbocycles. The van der Waals surface area contributed by atoms with Gasteiger partial charge in [0, 0.05) is 29.9 Å². The Labute approximate surface area is 211 Å². The third-order valence-corrected chi connectivity index (χ3v) is 6.14. The van der Waals surface area contributed by atoms with Crippen LogP contribution in [-0.2, 0) is 9.53 Å². The van der Waals surface area contributed by atoms with Gasteiger partial charge in [-0.25, -0.2) is 4.79 Å². The molecular weight excluding hydrogens is 454 g/mol. The van der Waals surface area contributed by atoms with Gasteiger partial charge in [0.1, 0.15) is 0 Å². The molecule has 2 atom stereocenters. The van der Waals surface area contributed by atoms with Crippen LogP contribution in [0.25, 0.3) is 11.1 Å². The number of rotatable bonds is 5. The second kappa shape index (κ2) is 10.6. The van der Waals surface area contributed by atoms with E-state index in [4.69, 9.17) is 4.74 Å². The Bertz CT molecular complexity index is 1270. The maximum absolute atomic E-state index is 12.6. The molecular formula is C29H31N3O4. The molecule has 0 saturated heterocycles. The zero-order valence-corrected chi connectivity index (χ0v) is 20.9. The fourth-order valence-electron chi connectivity index (χ4n) is 4.62. The van der Waals surface area contributed by atoms with Gasteiger partial charge in [-0.05, 0) is 80.3 Å². The number of amides is 3. The quantitative estimate of drug-likeness (QED) is 0.469. The summed E-state index contributed by atoms with van der Waals surface area (Å²) in [6.07, 6.45) is -0.157. The third kappa shape index (κ3) is 5.57. The first-order valence-corrected chi connectivity index (χ1v) is 12.1. The Morgan fingerprint density at radius 2 is 1.67 bits per heavy atom. The summed E-state index contributed by atoms with van der Waals surface area (Å²) in [5, 5.41) is 5.92. The van der Waals surface area contributed by atoms with Crippen LogP contribution in [0.5, 0.6) is 0 Å². The van der Waals surface area contributed by atoms with Crippen molar-refractivity contribution in [3.8, 4) is 11.1 Å². The van der Waals surface area contributed by atoms with Gasteiger partial charge in [-0.3, -0.25) is 9.59 Å². The summed E-state index contributed by atoms with van der Waals surface area (Å²) in [4.78, 5) is 39.2. The fraction of sp³-hybridized carbons (Fsp3) is 0.276. The van der Waals surface area contributed by atoms with Crippen LogP contribution >= 0.6 is 0 Å². The molecule has 1 aliphatic heterocycles. The maximum Gasteiger partial charge on any atom is 0.407 e. The average Bonchev–Trinajstić information content (AvgIpc) is 2.83. The first-order valence-electron chi connectivity index (χ1n) is 12.1. The molecule has 1 heterocycles. The van der Waals surface area contributed by atoms with Gasteiger partial charge in [0.25, 0.3) is 5.91 Å². The van der Waals surface area contributed by atoms with Crippen LogP contribution in [0.3, 0.4) is 0 Å². The molecule has 0 spiro atoms. The van der Waals surface area contributed by atoms with Crippen molar-refractivity contribution >= 4 is 29.3 Å². The highest BCUT2D eigenvalue weighted by Gasteiger charge is 2.33. The Kier molecular flexibility index (Phi) is 7.38. The van der Waals surface area contributed by atoms with Gasteiger partial charge in [0.2, 0.25) is 5.91 Å². The Balaban J connectivity index is 1.66. The number of carbonyl (C=O) groups is 3. The van der Waals surface area contributed by atoms with Gasteiger partial charge in [-0.1, -0.05) is 36.4 Å². The van der Waals surface area contributed by atoms with Crippen LogP contribution in [0.1, 0.15) is 56.1 Å². The SMILES string of the molecule is CC(=O)N1c2ccc(-c3cccc(NC(=O)c4ccccc4)c3)cc2[C@H](NC(=O)OC(C)C)C[C@@H]1C. The number of fused-ring (bicyclic) bond motifs is 1. The predicted molar refractivity (Wildman–Crippen MR) is 141 cm³/mol. The molecule has 36 heavy (non-hydrogen) atoms. The van der Waals surface area contributed by atoms with E-state index in [9.17, 15) is 14.4 Å². The van der Waals surface area contributed by atoms with E-state index in [1.165, 1.54) is 0 Å². The van der Waals surface area contributed by atoms with Crippen LogP contribution in [0.15, 0.2) is 72.8 Å². The second-order valence-electron chi connectivity index (χ2n) is 9.30. The molecule has 2 N–H and O–H groups in total. The predicted octanol–water partition coefficient (Wildman–Crippen LogP) is 5.93. The second-order valence-corrected chi connectivity index (χ2v) is 9.30. The number of hydrogen-bond acceptors (Lipinski definition) is 4. The van der Waals surface area contributed by atoms with E-state index >= 15 is 0 Å². The van der Waals surface area contributed by atoms with Gasteiger partial charge < -0.3 is 20.3 Å². The summed E-state index contributed by atoms with van der Waals surface area (Å²) in [5.74, 6) is -0.234. The first-order chi connectivity index (χ1) is 17.2. The molecule has 3 aromatic carbocycles. The molecule has 0 unspecified atom stereocenters. The molecule has 0 saturated carbocycles. The minimum Gasteiger partial charge on any atom is -0.447 e. The van der Waals surface area contributed by atoms with Crippen LogP contribution in [0.2, 0.25) is 0 Å². The Morgan fingerprint density at radius 3 is 2.36 bits per heavy atom. The molecule has 0 radical (unpaired) electrons. The standard InChI is InChI=1S/C29H31N3O4/c1-18(2)36-29(35)31-26-15-19(3)32(20(4)33)27-14-13-23(17-25(26)27)22-11-8-12-24(16-22)30-28(34)21-9-6-5-7-10-21/h5-14,16-19,26H,15H2,1-4H3,(H,30,34)(H,31,35)/t19-,26+/m0/s1. The topological polar surface area (TPSA) is 87.7 Å². The number of nitrogens with one attached hydrogen (secondary N) is 2. The van der Waals surface area contributed by atoms with Gasteiger partial charge in [-0.2, -0.15) is 0 Å². The molecule has 0 fully saturated rings. The van der Waals surface area contributed by atoms with Crippen molar-refractivity contribution in [2.24, 2.45) is 0 Å². The lowest BCUT2D eigenvalue weighted by atomic mass is 9.89. The molecule has 7 nitrogen and oxygen atoms in total. The van der Waals surface area contributed by atoms with E-state index in [0.29, 0.717) is 17.7 Å². The first kappa shape index (κ1) is 25.0. The highest BCUT2D eigenvalue weighted by molar-refractivity contribution is 6.04. The zero-order chi connectivity index (χ0) is 25.8. The number of carbonyl (C=O) groups excluding carboxylic acids is 3. The molecule has 3 amide bonds. The van der Waals surface area contributed by atoms with Gasteiger partial charge in [-0.15, -0.1) is 0 Å². The number of benzene rings is 3. The smallest absolute Gasteiger partial charge is 0.407 e. The van der Waals surface area contributed by atoms with Gasteiger partial charge in [0.05, 0.1) is 12.1 Å². The lowest BCUT2D eigenvalue weighted by Gasteiger charge is -2.39. The number of anilines is 2. The van der Waals surface area contributed by atoms with E-state index in [2.05, 4.69) is 10.6 Å². The fourth-order valence-corrected chi connectivity index (χ4v) is 4.62. The van der Waals surface area contributed by atoms with Crippen molar-refractivity contribution in [3.63, 3.8) is 0 Å². The van der Waals surface area contributed by atoms with Crippen molar-refractivity contribution in [2.75, 3.05) is 10.2 Å². The lowest BCUT2D eigenvalue weighted by molar-refractivity contribution is -0.117. The van der Waals surface area contributed by atoms with Crippen LogP contribution < -0.4 is 15.5 Å². The summed E-state index contributed by atoms with van der Waals surface area (Å²) < 4.78 is 5.31. The number of alkyl carbamates (subject to hydrolysis) is 1. The van der Waals surface area contributed by atoms with Crippen molar-refractivity contribution in [3.05, 3.63) is 83.9 Å². The van der Waals surface area contributed by atoms with Crippen LogP contribution in [-0.4, -0.2) is 30.1 Å². The summed E-state index contributed by atoms with van der Waals surface area (Å²) in [6, 6.07) is 22.1. The number of ether oxygens (including phenoxy) is 1. The maximum atomic E-state index is 12.6.